The zero-order chi connectivity index (χ0) is 9.68. The molecule has 0 bridgehead atoms. The van der Waals surface area contributed by atoms with Gasteiger partial charge in [0.1, 0.15) is 5.82 Å². The quantitative estimate of drug-likeness (QED) is 0.758. The molecule has 0 saturated carbocycles. The van der Waals surface area contributed by atoms with E-state index in [1.807, 2.05) is 19.1 Å². The highest BCUT2D eigenvalue weighted by Crippen LogP contribution is 2.10. The molecular weight excluding hydrogens is 165 g/mol. The topological polar surface area (TPSA) is 26.0 Å². The van der Waals surface area contributed by atoms with Crippen molar-refractivity contribution in [1.82, 2.24) is 0 Å². The van der Waals surface area contributed by atoms with Crippen molar-refractivity contribution in [3.63, 3.8) is 0 Å². The molecule has 0 fully saturated rings. The Balaban J connectivity index is 2.41. The molecule has 0 heterocycles. The fraction of sp³-hybridized carbons (Fsp3) is 0.455. The second-order valence-electron chi connectivity index (χ2n) is 3.46. The van der Waals surface area contributed by atoms with Gasteiger partial charge < -0.3 is 5.73 Å². The molecule has 0 aliphatic heterocycles. The van der Waals surface area contributed by atoms with E-state index >= 15 is 0 Å². The van der Waals surface area contributed by atoms with Crippen LogP contribution in [0, 0.1) is 5.82 Å². The van der Waals surface area contributed by atoms with Crippen LogP contribution in [0.25, 0.3) is 0 Å². The predicted octanol–water partition coefficient (Wildman–Crippen LogP) is 2.50. The molecule has 1 atom stereocenters. The third-order valence-corrected chi connectivity index (χ3v) is 2.06. The molecule has 2 N–H and O–H groups in total. The van der Waals surface area contributed by atoms with Crippen LogP contribution in [-0.4, -0.2) is 6.04 Å². The number of halogens is 1. The Hall–Kier alpha value is -0.890. The van der Waals surface area contributed by atoms with Crippen LogP contribution < -0.4 is 5.73 Å². The molecule has 1 rings (SSSR count). The summed E-state index contributed by atoms with van der Waals surface area (Å²) in [6, 6.07) is 7.12. The lowest BCUT2D eigenvalue weighted by Crippen LogP contribution is -2.14. The van der Waals surface area contributed by atoms with E-state index in [0.29, 0.717) is 0 Å². The van der Waals surface area contributed by atoms with Gasteiger partial charge in [0.05, 0.1) is 0 Å². The van der Waals surface area contributed by atoms with Crippen molar-refractivity contribution < 1.29 is 4.39 Å². The van der Waals surface area contributed by atoms with E-state index in [4.69, 9.17) is 5.73 Å². The van der Waals surface area contributed by atoms with Gasteiger partial charge in [-0.15, -0.1) is 0 Å². The van der Waals surface area contributed by atoms with Crippen molar-refractivity contribution in [3.8, 4) is 0 Å². The third kappa shape index (κ3) is 3.55. The predicted molar refractivity (Wildman–Crippen MR) is 53.0 cm³/mol. The zero-order valence-electron chi connectivity index (χ0n) is 7.96. The molecule has 0 radical (unpaired) electrons. The summed E-state index contributed by atoms with van der Waals surface area (Å²) >= 11 is 0. The Morgan fingerprint density at radius 1 is 1.38 bits per heavy atom. The zero-order valence-corrected chi connectivity index (χ0v) is 7.96. The van der Waals surface area contributed by atoms with E-state index in [-0.39, 0.29) is 11.9 Å². The molecular formula is C11H16FN. The monoisotopic (exact) mass is 181 g/mol. The second kappa shape index (κ2) is 4.97. The summed E-state index contributed by atoms with van der Waals surface area (Å²) in [7, 11) is 0. The normalized spacial score (nSPS) is 12.8. The molecule has 0 aliphatic rings. The van der Waals surface area contributed by atoms with E-state index in [2.05, 4.69) is 0 Å². The Labute approximate surface area is 78.8 Å². The third-order valence-electron chi connectivity index (χ3n) is 2.06. The van der Waals surface area contributed by atoms with E-state index in [1.165, 1.54) is 6.07 Å². The van der Waals surface area contributed by atoms with Crippen LogP contribution in [0.3, 0.4) is 0 Å². The van der Waals surface area contributed by atoms with Crippen molar-refractivity contribution in [2.24, 2.45) is 5.73 Å². The van der Waals surface area contributed by atoms with Crippen molar-refractivity contribution in [1.29, 1.82) is 0 Å². The van der Waals surface area contributed by atoms with Crippen LogP contribution in [0.1, 0.15) is 25.3 Å². The summed E-state index contributed by atoms with van der Waals surface area (Å²) in [6.45, 7) is 1.97. The van der Waals surface area contributed by atoms with E-state index in [0.717, 1.165) is 24.8 Å². The van der Waals surface area contributed by atoms with Gasteiger partial charge in [0, 0.05) is 6.04 Å². The van der Waals surface area contributed by atoms with Crippen molar-refractivity contribution >= 4 is 0 Å². The standard InChI is InChI=1S/C11H16FN/c1-9(13)5-4-7-10-6-2-3-8-11(10)12/h2-3,6,8-9H,4-5,7,13H2,1H3. The van der Waals surface area contributed by atoms with Gasteiger partial charge in [-0.1, -0.05) is 18.2 Å². The van der Waals surface area contributed by atoms with Gasteiger partial charge in [-0.05, 0) is 37.8 Å². The SMILES string of the molecule is CC(N)CCCc1ccccc1F. The summed E-state index contributed by atoms with van der Waals surface area (Å²) in [6.07, 6.45) is 2.70. The fourth-order valence-corrected chi connectivity index (χ4v) is 1.32. The number of hydrogen-bond donors (Lipinski definition) is 1. The van der Waals surface area contributed by atoms with Crippen molar-refractivity contribution in [2.45, 2.75) is 32.2 Å². The first-order chi connectivity index (χ1) is 6.20. The first-order valence-electron chi connectivity index (χ1n) is 4.69. The highest BCUT2D eigenvalue weighted by molar-refractivity contribution is 5.17. The summed E-state index contributed by atoms with van der Waals surface area (Å²) < 4.78 is 13.1. The minimum atomic E-state index is -0.104. The van der Waals surface area contributed by atoms with Crippen LogP contribution in [0.4, 0.5) is 4.39 Å². The average molecular weight is 181 g/mol. The Kier molecular flexibility index (Phi) is 3.90. The molecule has 0 amide bonds. The van der Waals surface area contributed by atoms with Crippen LogP contribution in [-0.2, 0) is 6.42 Å². The van der Waals surface area contributed by atoms with E-state index in [1.54, 1.807) is 6.07 Å². The first kappa shape index (κ1) is 10.2. The Morgan fingerprint density at radius 2 is 2.08 bits per heavy atom. The summed E-state index contributed by atoms with van der Waals surface area (Å²) in [5.41, 5.74) is 6.40. The summed E-state index contributed by atoms with van der Waals surface area (Å²) in [5, 5.41) is 0. The molecule has 0 saturated heterocycles. The molecule has 72 valence electrons. The molecule has 1 nitrogen and oxygen atoms in total. The number of hydrogen-bond acceptors (Lipinski definition) is 1. The molecule has 1 unspecified atom stereocenters. The van der Waals surface area contributed by atoms with Gasteiger partial charge in [0.25, 0.3) is 0 Å². The molecule has 13 heavy (non-hydrogen) atoms. The highest BCUT2D eigenvalue weighted by Gasteiger charge is 2.00. The Bertz CT molecular complexity index is 258. The maximum atomic E-state index is 13.1. The number of benzene rings is 1. The largest absolute Gasteiger partial charge is 0.328 e. The number of rotatable bonds is 4. The van der Waals surface area contributed by atoms with Crippen LogP contribution in [0.5, 0.6) is 0 Å². The lowest BCUT2D eigenvalue weighted by atomic mass is 10.1. The van der Waals surface area contributed by atoms with E-state index < -0.39 is 0 Å². The minimum absolute atomic E-state index is 0.104. The van der Waals surface area contributed by atoms with E-state index in [9.17, 15) is 4.39 Å². The maximum absolute atomic E-state index is 13.1. The van der Waals surface area contributed by atoms with Gasteiger partial charge >= 0.3 is 0 Å². The molecule has 0 aromatic heterocycles. The Morgan fingerprint density at radius 3 is 2.69 bits per heavy atom. The van der Waals surface area contributed by atoms with Crippen LogP contribution in [0.15, 0.2) is 24.3 Å². The molecule has 0 aliphatic carbocycles. The number of aryl methyl sites for hydroxylation is 1. The van der Waals surface area contributed by atoms with Gasteiger partial charge in [-0.2, -0.15) is 0 Å². The molecule has 0 spiro atoms. The minimum Gasteiger partial charge on any atom is -0.328 e. The van der Waals surface area contributed by atoms with Crippen molar-refractivity contribution in [2.75, 3.05) is 0 Å². The number of nitrogens with two attached hydrogens (primary N) is 1. The molecule has 2 heteroatoms. The van der Waals surface area contributed by atoms with Crippen LogP contribution >= 0.6 is 0 Å². The first-order valence-corrected chi connectivity index (χ1v) is 4.69. The molecule has 1 aromatic rings. The van der Waals surface area contributed by atoms with Gasteiger partial charge in [0.2, 0.25) is 0 Å². The average Bonchev–Trinajstić information content (AvgIpc) is 2.08. The smallest absolute Gasteiger partial charge is 0.126 e. The summed E-state index contributed by atoms with van der Waals surface area (Å²) in [5.74, 6) is -0.104. The van der Waals surface area contributed by atoms with Gasteiger partial charge in [-0.3, -0.25) is 0 Å². The second-order valence-corrected chi connectivity index (χ2v) is 3.46. The highest BCUT2D eigenvalue weighted by atomic mass is 19.1. The maximum Gasteiger partial charge on any atom is 0.126 e. The lowest BCUT2D eigenvalue weighted by molar-refractivity contribution is 0.583. The lowest BCUT2D eigenvalue weighted by Gasteiger charge is -2.05. The van der Waals surface area contributed by atoms with Gasteiger partial charge in [0.15, 0.2) is 0 Å². The fourth-order valence-electron chi connectivity index (χ4n) is 1.32. The summed E-state index contributed by atoms with van der Waals surface area (Å²) in [4.78, 5) is 0. The molecule has 1 aromatic carbocycles. The van der Waals surface area contributed by atoms with Crippen LogP contribution in [0.2, 0.25) is 0 Å². The van der Waals surface area contributed by atoms with Crippen molar-refractivity contribution in [3.05, 3.63) is 35.6 Å². The van der Waals surface area contributed by atoms with Gasteiger partial charge in [-0.25, -0.2) is 4.39 Å².